The van der Waals surface area contributed by atoms with Crippen LogP contribution in [0.1, 0.15) is 10.5 Å². The molecule has 0 aliphatic heterocycles. The van der Waals surface area contributed by atoms with Crippen LogP contribution in [0.25, 0.3) is 0 Å². The van der Waals surface area contributed by atoms with E-state index in [0.717, 1.165) is 6.26 Å². The molecule has 0 aliphatic rings. The minimum Gasteiger partial charge on any atom is -0.397 e. The summed E-state index contributed by atoms with van der Waals surface area (Å²) in [6.45, 7) is 0.291. The first kappa shape index (κ1) is 13.4. The van der Waals surface area contributed by atoms with E-state index in [1.165, 1.54) is 6.20 Å². The van der Waals surface area contributed by atoms with Crippen LogP contribution in [-0.2, 0) is 10.0 Å². The molecule has 0 aromatic carbocycles. The number of nitrogens with zero attached hydrogens (tertiary/aromatic N) is 1. The van der Waals surface area contributed by atoms with E-state index in [9.17, 15) is 13.2 Å². The second-order valence-corrected chi connectivity index (χ2v) is 5.20. The molecule has 0 fully saturated rings. The molecule has 0 saturated heterocycles. The van der Waals surface area contributed by atoms with Crippen molar-refractivity contribution in [3.63, 3.8) is 0 Å². The number of nitrogens with one attached hydrogen (secondary N) is 2. The molecular formula is C9H14N4O3S. The number of sulfonamides is 1. The van der Waals surface area contributed by atoms with Crippen LogP contribution < -0.4 is 15.8 Å². The Bertz CT molecular complexity index is 501. The molecule has 1 aromatic rings. The zero-order valence-corrected chi connectivity index (χ0v) is 10.1. The molecule has 4 N–H and O–H groups in total. The van der Waals surface area contributed by atoms with Crippen molar-refractivity contribution in [2.75, 3.05) is 25.1 Å². The Morgan fingerprint density at radius 1 is 1.47 bits per heavy atom. The fourth-order valence-electron chi connectivity index (χ4n) is 1.10. The van der Waals surface area contributed by atoms with Crippen molar-refractivity contribution in [3.05, 3.63) is 24.0 Å². The van der Waals surface area contributed by atoms with Gasteiger partial charge in [-0.05, 0) is 12.1 Å². The van der Waals surface area contributed by atoms with Gasteiger partial charge in [-0.15, -0.1) is 0 Å². The summed E-state index contributed by atoms with van der Waals surface area (Å²) in [6.07, 6.45) is 2.51. The summed E-state index contributed by atoms with van der Waals surface area (Å²) in [5, 5.41) is 2.50. The van der Waals surface area contributed by atoms with Gasteiger partial charge in [-0.2, -0.15) is 0 Å². The number of amides is 1. The van der Waals surface area contributed by atoms with E-state index in [1.807, 2.05) is 0 Å². The van der Waals surface area contributed by atoms with Crippen molar-refractivity contribution < 1.29 is 13.2 Å². The topological polar surface area (TPSA) is 114 Å². The molecule has 1 amide bonds. The summed E-state index contributed by atoms with van der Waals surface area (Å²) in [5.41, 5.74) is 5.97. The Balaban J connectivity index is 2.44. The first-order valence-electron chi connectivity index (χ1n) is 4.83. The minimum atomic E-state index is -3.24. The summed E-state index contributed by atoms with van der Waals surface area (Å²) < 4.78 is 23.7. The standard InChI is InChI=1S/C9H14N4O3S/c1-17(15,16)13-6-5-12-9(14)8-7(10)3-2-4-11-8/h2-4,13H,5-6,10H2,1H3,(H,12,14). The fourth-order valence-corrected chi connectivity index (χ4v) is 1.58. The number of hydrogen-bond donors (Lipinski definition) is 3. The molecule has 0 unspecified atom stereocenters. The van der Waals surface area contributed by atoms with Crippen molar-refractivity contribution >= 4 is 21.6 Å². The van der Waals surface area contributed by atoms with Crippen molar-refractivity contribution in [1.82, 2.24) is 15.0 Å². The minimum absolute atomic E-state index is 0.122. The number of pyridine rings is 1. The van der Waals surface area contributed by atoms with Crippen LogP contribution in [0.2, 0.25) is 0 Å². The second-order valence-electron chi connectivity index (χ2n) is 3.36. The molecule has 0 saturated carbocycles. The van der Waals surface area contributed by atoms with Gasteiger partial charge in [0.2, 0.25) is 10.0 Å². The summed E-state index contributed by atoms with van der Waals surface area (Å²) in [5.74, 6) is -0.432. The van der Waals surface area contributed by atoms with Crippen molar-refractivity contribution in [2.45, 2.75) is 0 Å². The number of hydrogen-bond acceptors (Lipinski definition) is 5. The van der Waals surface area contributed by atoms with Crippen LogP contribution in [0.3, 0.4) is 0 Å². The number of nitrogen functional groups attached to an aromatic ring is 1. The highest BCUT2D eigenvalue weighted by atomic mass is 32.2. The number of anilines is 1. The lowest BCUT2D eigenvalue weighted by atomic mass is 10.3. The molecule has 94 valence electrons. The van der Waals surface area contributed by atoms with Crippen molar-refractivity contribution in [1.29, 1.82) is 0 Å². The molecule has 0 bridgehead atoms. The molecule has 1 heterocycles. The quantitative estimate of drug-likeness (QED) is 0.583. The first-order valence-corrected chi connectivity index (χ1v) is 6.72. The molecule has 0 atom stereocenters. The SMILES string of the molecule is CS(=O)(=O)NCCNC(=O)c1ncccc1N. The average Bonchev–Trinajstić information content (AvgIpc) is 2.23. The van der Waals surface area contributed by atoms with Crippen LogP contribution in [0.15, 0.2) is 18.3 Å². The van der Waals surface area contributed by atoms with Gasteiger partial charge >= 0.3 is 0 Å². The summed E-state index contributed by atoms with van der Waals surface area (Å²) >= 11 is 0. The van der Waals surface area contributed by atoms with Gasteiger partial charge in [0.05, 0.1) is 11.9 Å². The smallest absolute Gasteiger partial charge is 0.272 e. The second kappa shape index (κ2) is 5.60. The number of aromatic nitrogens is 1. The number of rotatable bonds is 5. The lowest BCUT2D eigenvalue weighted by molar-refractivity contribution is 0.0950. The monoisotopic (exact) mass is 258 g/mol. The predicted molar refractivity (Wildman–Crippen MR) is 63.8 cm³/mol. The highest BCUT2D eigenvalue weighted by Gasteiger charge is 2.09. The molecular weight excluding hydrogens is 244 g/mol. The van der Waals surface area contributed by atoms with Gasteiger partial charge in [0.25, 0.3) is 5.91 Å². The van der Waals surface area contributed by atoms with E-state index in [0.29, 0.717) is 0 Å². The molecule has 1 aromatic heterocycles. The molecule has 0 radical (unpaired) electrons. The van der Waals surface area contributed by atoms with Gasteiger partial charge in [-0.1, -0.05) is 0 Å². The summed E-state index contributed by atoms with van der Waals surface area (Å²) in [6, 6.07) is 3.19. The molecule has 7 nitrogen and oxygen atoms in total. The van der Waals surface area contributed by atoms with Gasteiger partial charge in [0.15, 0.2) is 5.69 Å². The zero-order valence-electron chi connectivity index (χ0n) is 9.30. The van der Waals surface area contributed by atoms with E-state index in [2.05, 4.69) is 15.0 Å². The summed E-state index contributed by atoms with van der Waals surface area (Å²) in [4.78, 5) is 15.4. The Hall–Kier alpha value is -1.67. The Morgan fingerprint density at radius 2 is 2.18 bits per heavy atom. The Kier molecular flexibility index (Phi) is 4.41. The third kappa shape index (κ3) is 4.79. The van der Waals surface area contributed by atoms with E-state index in [1.54, 1.807) is 12.1 Å². The Labute approximate surface area is 99.5 Å². The van der Waals surface area contributed by atoms with E-state index in [-0.39, 0.29) is 24.5 Å². The van der Waals surface area contributed by atoms with Gasteiger partial charge in [0, 0.05) is 19.3 Å². The largest absolute Gasteiger partial charge is 0.397 e. The van der Waals surface area contributed by atoms with Crippen LogP contribution in [0.4, 0.5) is 5.69 Å². The maximum absolute atomic E-state index is 11.6. The third-order valence-corrected chi connectivity index (χ3v) is 2.56. The van der Waals surface area contributed by atoms with E-state index in [4.69, 9.17) is 5.73 Å². The molecule has 1 rings (SSSR count). The maximum atomic E-state index is 11.6. The number of carbonyl (C=O) groups is 1. The molecule has 0 aliphatic carbocycles. The fraction of sp³-hybridized carbons (Fsp3) is 0.333. The van der Waals surface area contributed by atoms with Gasteiger partial charge in [-0.3, -0.25) is 4.79 Å². The van der Waals surface area contributed by atoms with E-state index >= 15 is 0 Å². The summed E-state index contributed by atoms with van der Waals surface area (Å²) in [7, 11) is -3.24. The van der Waals surface area contributed by atoms with Gasteiger partial charge < -0.3 is 11.1 Å². The average molecular weight is 258 g/mol. The van der Waals surface area contributed by atoms with Crippen molar-refractivity contribution in [2.24, 2.45) is 0 Å². The highest BCUT2D eigenvalue weighted by molar-refractivity contribution is 7.88. The van der Waals surface area contributed by atoms with Crippen LogP contribution in [0, 0.1) is 0 Å². The third-order valence-electron chi connectivity index (χ3n) is 1.83. The van der Waals surface area contributed by atoms with Crippen LogP contribution >= 0.6 is 0 Å². The Morgan fingerprint density at radius 3 is 2.76 bits per heavy atom. The van der Waals surface area contributed by atoms with Gasteiger partial charge in [-0.25, -0.2) is 18.1 Å². The maximum Gasteiger partial charge on any atom is 0.272 e. The van der Waals surface area contributed by atoms with E-state index < -0.39 is 15.9 Å². The van der Waals surface area contributed by atoms with Crippen molar-refractivity contribution in [3.8, 4) is 0 Å². The molecule has 0 spiro atoms. The van der Waals surface area contributed by atoms with Crippen LogP contribution in [-0.4, -0.2) is 38.7 Å². The lowest BCUT2D eigenvalue weighted by Crippen LogP contribution is -2.34. The highest BCUT2D eigenvalue weighted by Crippen LogP contribution is 2.05. The molecule has 8 heteroatoms. The first-order chi connectivity index (χ1) is 7.90. The normalized spacial score (nSPS) is 11.1. The zero-order chi connectivity index (χ0) is 12.9. The predicted octanol–water partition coefficient (Wildman–Crippen LogP) is -1.06. The molecule has 17 heavy (non-hydrogen) atoms. The lowest BCUT2D eigenvalue weighted by Gasteiger charge is -2.06. The number of carbonyl (C=O) groups excluding carboxylic acids is 1. The number of nitrogens with two attached hydrogens (primary N) is 1. The van der Waals surface area contributed by atoms with Crippen LogP contribution in [0.5, 0.6) is 0 Å². The van der Waals surface area contributed by atoms with Gasteiger partial charge in [0.1, 0.15) is 0 Å².